The molecule has 22 heavy (non-hydrogen) atoms. The summed E-state index contributed by atoms with van der Waals surface area (Å²) in [5, 5.41) is 0. The average Bonchev–Trinajstić information content (AvgIpc) is 2.47. The molecule has 0 bridgehead atoms. The smallest absolute Gasteiger partial charge is 0.433 e. The van der Waals surface area contributed by atoms with Crippen LogP contribution in [0.1, 0.15) is 11.3 Å². The number of hydrogen-bond acceptors (Lipinski definition) is 4. The van der Waals surface area contributed by atoms with E-state index in [9.17, 15) is 18.0 Å². The second-order valence-electron chi connectivity index (χ2n) is 4.38. The van der Waals surface area contributed by atoms with Gasteiger partial charge in [-0.2, -0.15) is 13.2 Å². The maximum atomic E-state index is 12.6. The van der Waals surface area contributed by atoms with Gasteiger partial charge in [-0.05, 0) is 23.8 Å². The third-order valence-electron chi connectivity index (χ3n) is 2.73. The van der Waals surface area contributed by atoms with Crippen molar-refractivity contribution in [1.29, 1.82) is 0 Å². The van der Waals surface area contributed by atoms with Gasteiger partial charge in [0.25, 0.3) is 0 Å². The van der Waals surface area contributed by atoms with E-state index in [2.05, 4.69) is 9.72 Å². The largest absolute Gasteiger partial charge is 0.469 e. The van der Waals surface area contributed by atoms with E-state index in [0.717, 1.165) is 12.3 Å². The fourth-order valence-electron chi connectivity index (χ4n) is 1.72. The number of rotatable bonds is 4. The van der Waals surface area contributed by atoms with E-state index in [1.54, 1.807) is 24.3 Å². The Bertz CT molecular complexity index is 671. The topological polar surface area (TPSA) is 48.4 Å². The molecule has 1 aromatic heterocycles. The molecule has 116 valence electrons. The number of aromatic nitrogens is 1. The lowest BCUT2D eigenvalue weighted by molar-refractivity contribution is -0.141. The molecule has 0 saturated heterocycles. The highest BCUT2D eigenvalue weighted by Crippen LogP contribution is 2.31. The van der Waals surface area contributed by atoms with Crippen molar-refractivity contribution in [3.8, 4) is 11.5 Å². The molecule has 0 N–H and O–H groups in total. The molecule has 0 aliphatic carbocycles. The van der Waals surface area contributed by atoms with Crippen molar-refractivity contribution >= 4 is 5.97 Å². The Morgan fingerprint density at radius 3 is 2.59 bits per heavy atom. The van der Waals surface area contributed by atoms with Crippen LogP contribution in [0.15, 0.2) is 42.6 Å². The quantitative estimate of drug-likeness (QED) is 0.809. The molecule has 0 fully saturated rings. The number of carbonyl (C=O) groups is 1. The van der Waals surface area contributed by atoms with Gasteiger partial charge >= 0.3 is 12.1 Å². The molecule has 1 heterocycles. The summed E-state index contributed by atoms with van der Waals surface area (Å²) in [6, 6.07) is 8.60. The molecule has 0 spiro atoms. The van der Waals surface area contributed by atoms with Gasteiger partial charge in [-0.25, -0.2) is 0 Å². The number of methoxy groups -OCH3 is 1. The molecular formula is C15H12F3NO3. The summed E-state index contributed by atoms with van der Waals surface area (Å²) < 4.78 is 47.7. The highest BCUT2D eigenvalue weighted by molar-refractivity contribution is 5.72. The Balaban J connectivity index is 2.17. The van der Waals surface area contributed by atoms with Crippen molar-refractivity contribution < 1.29 is 27.4 Å². The van der Waals surface area contributed by atoms with Gasteiger partial charge in [0, 0.05) is 12.3 Å². The SMILES string of the molecule is COC(=O)Cc1cccc(Oc2ccnc(C(F)(F)F)c2)c1. The molecule has 0 atom stereocenters. The van der Waals surface area contributed by atoms with Crippen LogP contribution in [0.25, 0.3) is 0 Å². The van der Waals surface area contributed by atoms with Crippen LogP contribution in [0, 0.1) is 0 Å². The molecule has 0 amide bonds. The zero-order chi connectivity index (χ0) is 16.2. The lowest BCUT2D eigenvalue weighted by atomic mass is 10.1. The number of hydrogen-bond donors (Lipinski definition) is 0. The third kappa shape index (κ3) is 4.21. The normalized spacial score (nSPS) is 11.1. The van der Waals surface area contributed by atoms with Gasteiger partial charge in [-0.1, -0.05) is 12.1 Å². The second kappa shape index (κ2) is 6.46. The van der Waals surface area contributed by atoms with Crippen LogP contribution in [-0.2, 0) is 22.1 Å². The third-order valence-corrected chi connectivity index (χ3v) is 2.73. The van der Waals surface area contributed by atoms with Gasteiger partial charge in [-0.15, -0.1) is 0 Å². The second-order valence-corrected chi connectivity index (χ2v) is 4.38. The Labute approximate surface area is 124 Å². The summed E-state index contributed by atoms with van der Waals surface area (Å²) in [6.07, 6.45) is -3.46. The molecule has 7 heteroatoms. The maximum absolute atomic E-state index is 12.6. The minimum absolute atomic E-state index is 0.0116. The van der Waals surface area contributed by atoms with Crippen molar-refractivity contribution in [2.45, 2.75) is 12.6 Å². The predicted molar refractivity (Wildman–Crippen MR) is 71.5 cm³/mol. The number of pyridine rings is 1. The van der Waals surface area contributed by atoms with Gasteiger partial charge in [0.1, 0.15) is 17.2 Å². The van der Waals surface area contributed by atoms with Crippen LogP contribution in [0.3, 0.4) is 0 Å². The minimum Gasteiger partial charge on any atom is -0.469 e. The number of nitrogens with zero attached hydrogens (tertiary/aromatic N) is 1. The van der Waals surface area contributed by atoms with Crippen molar-refractivity contribution in [3.05, 3.63) is 53.9 Å². The molecule has 4 nitrogen and oxygen atoms in total. The Morgan fingerprint density at radius 1 is 1.18 bits per heavy atom. The fourth-order valence-corrected chi connectivity index (χ4v) is 1.72. The summed E-state index contributed by atoms with van der Waals surface area (Å²) in [5.41, 5.74) is -0.398. The number of esters is 1. The highest BCUT2D eigenvalue weighted by Gasteiger charge is 2.32. The van der Waals surface area contributed by atoms with Gasteiger partial charge in [0.2, 0.25) is 0 Å². The van der Waals surface area contributed by atoms with Crippen molar-refractivity contribution in [1.82, 2.24) is 4.98 Å². The molecule has 0 unspecified atom stereocenters. The first-order valence-corrected chi connectivity index (χ1v) is 6.25. The van der Waals surface area contributed by atoms with Gasteiger partial charge in [0.05, 0.1) is 13.5 Å². The number of benzene rings is 1. The van der Waals surface area contributed by atoms with E-state index >= 15 is 0 Å². The number of carbonyl (C=O) groups excluding carboxylic acids is 1. The number of ether oxygens (including phenoxy) is 2. The Morgan fingerprint density at radius 2 is 1.91 bits per heavy atom. The standard InChI is InChI=1S/C15H12F3NO3/c1-21-14(20)8-10-3-2-4-11(7-10)22-12-5-6-19-13(9-12)15(16,17)18/h2-7,9H,8H2,1H3. The van der Waals surface area contributed by atoms with Crippen LogP contribution in [0.2, 0.25) is 0 Å². The van der Waals surface area contributed by atoms with E-state index in [1.165, 1.54) is 13.2 Å². The lowest BCUT2D eigenvalue weighted by Gasteiger charge is -2.10. The maximum Gasteiger partial charge on any atom is 0.433 e. The van der Waals surface area contributed by atoms with Crippen molar-refractivity contribution in [3.63, 3.8) is 0 Å². The number of alkyl halides is 3. The van der Waals surface area contributed by atoms with Crippen molar-refractivity contribution in [2.24, 2.45) is 0 Å². The van der Waals surface area contributed by atoms with E-state index in [0.29, 0.717) is 11.3 Å². The Kier molecular flexibility index (Phi) is 4.65. The molecular weight excluding hydrogens is 299 g/mol. The zero-order valence-corrected chi connectivity index (χ0v) is 11.6. The molecule has 1 aromatic carbocycles. The lowest BCUT2D eigenvalue weighted by Crippen LogP contribution is -2.07. The van der Waals surface area contributed by atoms with E-state index in [-0.39, 0.29) is 12.2 Å². The van der Waals surface area contributed by atoms with Gasteiger partial charge < -0.3 is 9.47 Å². The molecule has 0 saturated carbocycles. The van der Waals surface area contributed by atoms with Crippen LogP contribution in [0.5, 0.6) is 11.5 Å². The summed E-state index contributed by atoms with van der Waals surface area (Å²) in [4.78, 5) is 14.5. The van der Waals surface area contributed by atoms with Crippen molar-refractivity contribution in [2.75, 3.05) is 7.11 Å². The van der Waals surface area contributed by atoms with E-state index in [1.807, 2.05) is 0 Å². The first-order valence-electron chi connectivity index (χ1n) is 6.25. The molecule has 0 radical (unpaired) electrons. The van der Waals surface area contributed by atoms with Crippen LogP contribution < -0.4 is 4.74 Å². The van der Waals surface area contributed by atoms with Crippen LogP contribution in [-0.4, -0.2) is 18.1 Å². The minimum atomic E-state index is -4.54. The predicted octanol–water partition coefficient (Wildman–Crippen LogP) is 3.61. The van der Waals surface area contributed by atoms with E-state index < -0.39 is 17.8 Å². The molecule has 0 aliphatic rings. The van der Waals surface area contributed by atoms with Crippen LogP contribution in [0.4, 0.5) is 13.2 Å². The fraction of sp³-hybridized carbons (Fsp3) is 0.200. The molecule has 2 rings (SSSR count). The number of halogens is 3. The summed E-state index contributed by atoms with van der Waals surface area (Å²) in [6.45, 7) is 0. The first-order chi connectivity index (χ1) is 10.4. The molecule has 2 aromatic rings. The summed E-state index contributed by atoms with van der Waals surface area (Å²) in [7, 11) is 1.28. The highest BCUT2D eigenvalue weighted by atomic mass is 19.4. The average molecular weight is 311 g/mol. The van der Waals surface area contributed by atoms with Gasteiger partial charge in [-0.3, -0.25) is 9.78 Å². The first kappa shape index (κ1) is 15.8. The zero-order valence-electron chi connectivity index (χ0n) is 11.6. The Hall–Kier alpha value is -2.57. The molecule has 0 aliphatic heterocycles. The summed E-state index contributed by atoms with van der Waals surface area (Å²) >= 11 is 0. The van der Waals surface area contributed by atoms with Crippen LogP contribution >= 0.6 is 0 Å². The van der Waals surface area contributed by atoms with E-state index in [4.69, 9.17) is 4.74 Å². The monoisotopic (exact) mass is 311 g/mol. The summed E-state index contributed by atoms with van der Waals surface area (Å²) in [5.74, 6) is -0.0845. The van der Waals surface area contributed by atoms with Gasteiger partial charge in [0.15, 0.2) is 0 Å².